The zero-order chi connectivity index (χ0) is 11.5. The van der Waals surface area contributed by atoms with Crippen molar-refractivity contribution in [2.75, 3.05) is 18.5 Å². The first-order chi connectivity index (χ1) is 7.66. The molecule has 1 amide bonds. The number of nitrogens with zero attached hydrogens (tertiary/aromatic N) is 1. The molecule has 1 aromatic heterocycles. The number of carbonyl (C=O) groups is 1. The lowest BCUT2D eigenvalue weighted by Gasteiger charge is -2.17. The SMILES string of the molecule is CN(C(=O)CC1CCCN1)c1cc(Br)cs1. The lowest BCUT2D eigenvalue weighted by molar-refractivity contribution is -0.118. The largest absolute Gasteiger partial charge is 0.313 e. The standard InChI is InChI=1S/C11H15BrN2OS/c1-14(11-5-8(12)7-16-11)10(15)6-9-3-2-4-13-9/h5,7,9,13H,2-4,6H2,1H3. The van der Waals surface area contributed by atoms with Crippen LogP contribution in [-0.2, 0) is 4.79 Å². The third kappa shape index (κ3) is 2.84. The first-order valence-electron chi connectivity index (χ1n) is 5.41. The summed E-state index contributed by atoms with van der Waals surface area (Å²) in [5.74, 6) is 0.189. The van der Waals surface area contributed by atoms with Crippen LogP contribution in [0.1, 0.15) is 19.3 Å². The number of rotatable bonds is 3. The van der Waals surface area contributed by atoms with Crippen LogP contribution >= 0.6 is 27.3 Å². The molecular weight excluding hydrogens is 288 g/mol. The van der Waals surface area contributed by atoms with Gasteiger partial charge in [-0.1, -0.05) is 0 Å². The lowest BCUT2D eigenvalue weighted by Crippen LogP contribution is -2.32. The van der Waals surface area contributed by atoms with Crippen LogP contribution in [0.5, 0.6) is 0 Å². The summed E-state index contributed by atoms with van der Waals surface area (Å²) in [6.45, 7) is 1.05. The summed E-state index contributed by atoms with van der Waals surface area (Å²) in [5, 5.41) is 6.33. The summed E-state index contributed by atoms with van der Waals surface area (Å²) in [4.78, 5) is 13.7. The van der Waals surface area contributed by atoms with Crippen molar-refractivity contribution in [1.82, 2.24) is 5.32 Å². The highest BCUT2D eigenvalue weighted by molar-refractivity contribution is 9.10. The van der Waals surface area contributed by atoms with Crippen molar-refractivity contribution in [3.05, 3.63) is 15.9 Å². The quantitative estimate of drug-likeness (QED) is 0.931. The van der Waals surface area contributed by atoms with Gasteiger partial charge in [-0.2, -0.15) is 0 Å². The molecule has 0 spiro atoms. The van der Waals surface area contributed by atoms with Crippen LogP contribution in [0.15, 0.2) is 15.9 Å². The van der Waals surface area contributed by atoms with E-state index in [2.05, 4.69) is 21.2 Å². The first kappa shape index (κ1) is 12.1. The number of anilines is 1. The fourth-order valence-electron chi connectivity index (χ4n) is 1.88. The Kier molecular flexibility index (Phi) is 4.00. The molecule has 88 valence electrons. The highest BCUT2D eigenvalue weighted by atomic mass is 79.9. The molecular formula is C11H15BrN2OS. The van der Waals surface area contributed by atoms with Crippen molar-refractivity contribution < 1.29 is 4.79 Å². The second-order valence-corrected chi connectivity index (χ2v) is 5.86. The van der Waals surface area contributed by atoms with Gasteiger partial charge in [-0.3, -0.25) is 4.79 Å². The molecule has 1 aliphatic heterocycles. The number of nitrogens with one attached hydrogen (secondary N) is 1. The van der Waals surface area contributed by atoms with Crippen molar-refractivity contribution >= 4 is 38.2 Å². The maximum absolute atomic E-state index is 12.0. The molecule has 3 nitrogen and oxygen atoms in total. The molecule has 1 unspecified atom stereocenters. The monoisotopic (exact) mass is 302 g/mol. The number of hydrogen-bond acceptors (Lipinski definition) is 3. The van der Waals surface area contributed by atoms with Crippen molar-refractivity contribution in [1.29, 1.82) is 0 Å². The maximum atomic E-state index is 12.0. The van der Waals surface area contributed by atoms with Gasteiger partial charge in [0.2, 0.25) is 5.91 Å². The Balaban J connectivity index is 1.93. The predicted octanol–water partition coefficient (Wildman–Crippen LogP) is 2.62. The molecule has 0 radical (unpaired) electrons. The number of carbonyl (C=O) groups excluding carboxylic acids is 1. The van der Waals surface area contributed by atoms with Crippen LogP contribution in [0.2, 0.25) is 0 Å². The molecule has 0 bridgehead atoms. The number of halogens is 1. The number of thiophene rings is 1. The summed E-state index contributed by atoms with van der Waals surface area (Å²) in [5.41, 5.74) is 0. The van der Waals surface area contributed by atoms with Gasteiger partial charge in [-0.25, -0.2) is 0 Å². The van der Waals surface area contributed by atoms with Crippen LogP contribution in [0.3, 0.4) is 0 Å². The van der Waals surface area contributed by atoms with Gasteiger partial charge < -0.3 is 10.2 Å². The molecule has 1 aromatic rings. The van der Waals surface area contributed by atoms with Gasteiger partial charge in [0.15, 0.2) is 0 Å². The van der Waals surface area contributed by atoms with Gasteiger partial charge in [0.1, 0.15) is 0 Å². The fourth-order valence-corrected chi connectivity index (χ4v) is 3.29. The van der Waals surface area contributed by atoms with E-state index in [4.69, 9.17) is 0 Å². The molecule has 0 aliphatic carbocycles. The van der Waals surface area contributed by atoms with Crippen LogP contribution in [0.4, 0.5) is 5.00 Å². The summed E-state index contributed by atoms with van der Waals surface area (Å²) in [6, 6.07) is 2.35. The van der Waals surface area contributed by atoms with E-state index < -0.39 is 0 Å². The van der Waals surface area contributed by atoms with Crippen LogP contribution in [0, 0.1) is 0 Å². The van der Waals surface area contributed by atoms with Crippen LogP contribution in [-0.4, -0.2) is 25.5 Å². The predicted molar refractivity (Wildman–Crippen MR) is 71.1 cm³/mol. The topological polar surface area (TPSA) is 32.3 Å². The molecule has 5 heteroatoms. The van der Waals surface area contributed by atoms with E-state index >= 15 is 0 Å². The Hall–Kier alpha value is -0.390. The second-order valence-electron chi connectivity index (χ2n) is 4.05. The number of amides is 1. The van der Waals surface area contributed by atoms with E-state index in [9.17, 15) is 4.79 Å². The summed E-state index contributed by atoms with van der Waals surface area (Å²) in [7, 11) is 1.84. The van der Waals surface area contributed by atoms with Gasteiger partial charge >= 0.3 is 0 Å². The molecule has 1 fully saturated rings. The highest BCUT2D eigenvalue weighted by Gasteiger charge is 2.21. The van der Waals surface area contributed by atoms with E-state index in [0.29, 0.717) is 12.5 Å². The van der Waals surface area contributed by atoms with Crippen molar-refractivity contribution in [3.63, 3.8) is 0 Å². The minimum Gasteiger partial charge on any atom is -0.313 e. The molecule has 1 atom stereocenters. The van der Waals surface area contributed by atoms with E-state index in [1.165, 1.54) is 6.42 Å². The Labute approximate surface area is 108 Å². The summed E-state index contributed by atoms with van der Waals surface area (Å²) >= 11 is 4.98. The zero-order valence-corrected chi connectivity index (χ0v) is 11.6. The Morgan fingerprint density at radius 2 is 2.56 bits per heavy atom. The zero-order valence-electron chi connectivity index (χ0n) is 9.20. The normalized spacial score (nSPS) is 20.0. The van der Waals surface area contributed by atoms with Crippen LogP contribution in [0.25, 0.3) is 0 Å². The van der Waals surface area contributed by atoms with Crippen LogP contribution < -0.4 is 10.2 Å². The van der Waals surface area contributed by atoms with Crippen molar-refractivity contribution in [2.24, 2.45) is 0 Å². The van der Waals surface area contributed by atoms with E-state index in [0.717, 1.165) is 22.4 Å². The lowest BCUT2D eigenvalue weighted by atomic mass is 10.1. The minimum absolute atomic E-state index is 0.189. The Morgan fingerprint density at radius 3 is 3.12 bits per heavy atom. The third-order valence-electron chi connectivity index (χ3n) is 2.84. The van der Waals surface area contributed by atoms with E-state index in [-0.39, 0.29) is 5.91 Å². The van der Waals surface area contributed by atoms with Gasteiger partial charge in [0.05, 0.1) is 5.00 Å². The molecule has 1 saturated heterocycles. The molecule has 16 heavy (non-hydrogen) atoms. The van der Waals surface area contributed by atoms with E-state index in [1.54, 1.807) is 16.2 Å². The number of hydrogen-bond donors (Lipinski definition) is 1. The van der Waals surface area contributed by atoms with E-state index in [1.807, 2.05) is 18.5 Å². The van der Waals surface area contributed by atoms with Crippen molar-refractivity contribution in [2.45, 2.75) is 25.3 Å². The molecule has 2 heterocycles. The summed E-state index contributed by atoms with van der Waals surface area (Å²) < 4.78 is 1.03. The Morgan fingerprint density at radius 1 is 1.75 bits per heavy atom. The average molecular weight is 303 g/mol. The second kappa shape index (κ2) is 5.29. The fraction of sp³-hybridized carbons (Fsp3) is 0.545. The van der Waals surface area contributed by atoms with Crippen molar-refractivity contribution in [3.8, 4) is 0 Å². The first-order valence-corrected chi connectivity index (χ1v) is 7.08. The molecule has 0 aromatic carbocycles. The average Bonchev–Trinajstić information content (AvgIpc) is 2.88. The Bertz CT molecular complexity index is 374. The summed E-state index contributed by atoms with van der Waals surface area (Å²) in [6.07, 6.45) is 2.91. The highest BCUT2D eigenvalue weighted by Crippen LogP contribution is 2.28. The smallest absolute Gasteiger partial charge is 0.228 e. The molecule has 2 rings (SSSR count). The van der Waals surface area contributed by atoms with Gasteiger partial charge in [-0.05, 0) is 41.4 Å². The molecule has 1 aliphatic rings. The van der Waals surface area contributed by atoms with Gasteiger partial charge in [-0.15, -0.1) is 11.3 Å². The molecule has 0 saturated carbocycles. The third-order valence-corrected chi connectivity index (χ3v) is 4.61. The maximum Gasteiger partial charge on any atom is 0.228 e. The van der Waals surface area contributed by atoms with Gasteiger partial charge in [0, 0.05) is 29.4 Å². The molecule has 1 N–H and O–H groups in total. The van der Waals surface area contributed by atoms with Gasteiger partial charge in [0.25, 0.3) is 0 Å². The minimum atomic E-state index is 0.189.